The summed E-state index contributed by atoms with van der Waals surface area (Å²) in [7, 11) is 4.48. The number of H-pyrrole nitrogens is 2. The Morgan fingerprint density at radius 1 is 0.782 bits per heavy atom. The number of likely N-dealkylation sites (tertiary alicyclic amines) is 2. The maximum Gasteiger partial charge on any atom is 0.410 e. The van der Waals surface area contributed by atoms with Crippen molar-refractivity contribution in [2.24, 2.45) is 11.8 Å². The van der Waals surface area contributed by atoms with Gasteiger partial charge in [0.25, 0.3) is 5.91 Å². The van der Waals surface area contributed by atoms with Crippen LogP contribution in [0.2, 0.25) is 0 Å². The number of benzene rings is 2. The number of carbonyl (C=O) groups is 4. The molecule has 2 aromatic carbocycles. The van der Waals surface area contributed by atoms with Gasteiger partial charge in [-0.05, 0) is 54.7 Å². The van der Waals surface area contributed by atoms with Crippen molar-refractivity contribution in [3.05, 3.63) is 72.6 Å². The molecule has 4 amide bonds. The van der Waals surface area contributed by atoms with E-state index >= 15 is 0 Å². The smallest absolute Gasteiger partial charge is 0.410 e. The second-order valence-corrected chi connectivity index (χ2v) is 15.2. The molecule has 0 saturated carbocycles. The Kier molecular flexibility index (Phi) is 11.9. The lowest BCUT2D eigenvalue weighted by atomic mass is 9.95. The van der Waals surface area contributed by atoms with Crippen LogP contribution < -0.4 is 5.32 Å². The molecule has 2 aromatic heterocycles. The van der Waals surface area contributed by atoms with E-state index < -0.39 is 24.3 Å². The topological polar surface area (TPSA) is 166 Å². The van der Waals surface area contributed by atoms with Crippen LogP contribution in [0.5, 0.6) is 0 Å². The normalized spacial score (nSPS) is 18.1. The summed E-state index contributed by atoms with van der Waals surface area (Å²) >= 11 is 0. The van der Waals surface area contributed by atoms with Gasteiger partial charge in [-0.1, -0.05) is 70.2 Å². The number of hydrogen-bond acceptors (Lipinski definition) is 8. The third-order valence-electron chi connectivity index (χ3n) is 10.4. The molecule has 0 unspecified atom stereocenters. The first kappa shape index (κ1) is 39.0. The average Bonchev–Trinajstić information content (AvgIpc) is 4.02. The second-order valence-electron chi connectivity index (χ2n) is 15.2. The predicted molar refractivity (Wildman–Crippen MR) is 207 cm³/mol. The van der Waals surface area contributed by atoms with Crippen molar-refractivity contribution in [1.82, 2.24) is 40.0 Å². The van der Waals surface area contributed by atoms with Gasteiger partial charge in [0.15, 0.2) is 6.10 Å². The van der Waals surface area contributed by atoms with E-state index in [4.69, 9.17) is 19.4 Å². The lowest BCUT2D eigenvalue weighted by molar-refractivity contribution is -0.144. The quantitative estimate of drug-likeness (QED) is 0.155. The number of imidazole rings is 2. The molecule has 14 nitrogen and oxygen atoms in total. The number of rotatable bonds is 11. The van der Waals surface area contributed by atoms with Crippen molar-refractivity contribution in [3.8, 4) is 33.6 Å². The number of ether oxygens (including phenoxy) is 2. The highest BCUT2D eigenvalue weighted by Gasteiger charge is 2.40. The fourth-order valence-electron chi connectivity index (χ4n) is 7.46. The Morgan fingerprint density at radius 3 is 1.96 bits per heavy atom. The van der Waals surface area contributed by atoms with E-state index in [1.807, 2.05) is 58.2 Å². The van der Waals surface area contributed by atoms with Crippen molar-refractivity contribution in [2.75, 3.05) is 34.3 Å². The van der Waals surface area contributed by atoms with Crippen LogP contribution in [0.4, 0.5) is 9.59 Å². The number of aromatic amines is 2. The summed E-state index contributed by atoms with van der Waals surface area (Å²) in [5.74, 6) is 0.619. The minimum absolute atomic E-state index is 0.138. The summed E-state index contributed by atoms with van der Waals surface area (Å²) < 4.78 is 10.4. The van der Waals surface area contributed by atoms with E-state index in [1.54, 1.807) is 30.1 Å². The molecule has 4 aromatic rings. The summed E-state index contributed by atoms with van der Waals surface area (Å²) in [6, 6.07) is 15.0. The van der Waals surface area contributed by atoms with Crippen LogP contribution >= 0.6 is 0 Å². The van der Waals surface area contributed by atoms with Gasteiger partial charge in [0.05, 0.1) is 43.0 Å². The minimum atomic E-state index is -0.903. The molecule has 292 valence electrons. The van der Waals surface area contributed by atoms with Gasteiger partial charge in [0, 0.05) is 38.3 Å². The van der Waals surface area contributed by atoms with Gasteiger partial charge in [-0.3, -0.25) is 9.59 Å². The molecule has 2 saturated heterocycles. The second kappa shape index (κ2) is 16.8. The molecule has 0 radical (unpaired) electrons. The van der Waals surface area contributed by atoms with Crippen molar-refractivity contribution in [3.63, 3.8) is 0 Å². The summed E-state index contributed by atoms with van der Waals surface area (Å²) in [5, 5.41) is 2.71. The number of alkyl carbamates (subject to hydrolysis) is 1. The van der Waals surface area contributed by atoms with Crippen LogP contribution in [0.3, 0.4) is 0 Å². The molecule has 2 aliphatic heterocycles. The number of carbonyl (C=O) groups excluding carboxylic acids is 4. The largest absolute Gasteiger partial charge is 0.453 e. The monoisotopic (exact) mass is 752 g/mol. The molecule has 0 spiro atoms. The Hall–Kier alpha value is -5.66. The average molecular weight is 753 g/mol. The first-order chi connectivity index (χ1) is 26.4. The lowest BCUT2D eigenvalue weighted by Crippen LogP contribution is -2.51. The number of aromatic nitrogens is 4. The maximum atomic E-state index is 13.8. The molecule has 0 aliphatic carbocycles. The summed E-state index contributed by atoms with van der Waals surface area (Å²) in [6.45, 7) is 8.64. The number of amides is 4. The van der Waals surface area contributed by atoms with Gasteiger partial charge >= 0.3 is 12.2 Å². The fourth-order valence-corrected chi connectivity index (χ4v) is 7.46. The Labute approximate surface area is 322 Å². The van der Waals surface area contributed by atoms with Crippen molar-refractivity contribution in [2.45, 2.75) is 77.6 Å². The van der Waals surface area contributed by atoms with Gasteiger partial charge in [-0.15, -0.1) is 0 Å². The van der Waals surface area contributed by atoms with Gasteiger partial charge < -0.3 is 39.5 Å². The highest BCUT2D eigenvalue weighted by Crippen LogP contribution is 2.38. The molecule has 0 bridgehead atoms. The fraction of sp³-hybridized carbons (Fsp3) is 0.463. The number of nitrogens with one attached hydrogen (secondary N) is 3. The highest BCUT2D eigenvalue weighted by molar-refractivity contribution is 5.87. The van der Waals surface area contributed by atoms with Crippen LogP contribution in [-0.2, 0) is 19.1 Å². The molecule has 2 fully saturated rings. The van der Waals surface area contributed by atoms with Crippen molar-refractivity contribution >= 4 is 24.0 Å². The third kappa shape index (κ3) is 8.37. The number of nitrogens with zero attached hydrogens (tertiary/aromatic N) is 5. The molecule has 55 heavy (non-hydrogen) atoms. The Morgan fingerprint density at radius 2 is 1.38 bits per heavy atom. The maximum absolute atomic E-state index is 13.8. The Bertz CT molecular complexity index is 1990. The summed E-state index contributed by atoms with van der Waals surface area (Å²) in [6.07, 6.45) is 4.59. The van der Waals surface area contributed by atoms with E-state index in [1.165, 1.54) is 12.0 Å². The highest BCUT2D eigenvalue weighted by atomic mass is 16.6. The molecule has 3 N–H and O–H groups in total. The van der Waals surface area contributed by atoms with Crippen LogP contribution in [0, 0.1) is 11.8 Å². The summed E-state index contributed by atoms with van der Waals surface area (Å²) in [5.41, 5.74) is 5.43. The molecule has 4 heterocycles. The van der Waals surface area contributed by atoms with Crippen LogP contribution in [0.25, 0.3) is 33.6 Å². The van der Waals surface area contributed by atoms with Crippen LogP contribution in [0.15, 0.2) is 60.9 Å². The van der Waals surface area contributed by atoms with Gasteiger partial charge in [0.2, 0.25) is 5.91 Å². The van der Waals surface area contributed by atoms with Gasteiger partial charge in [-0.2, -0.15) is 0 Å². The molecule has 6 rings (SSSR count). The first-order valence-electron chi connectivity index (χ1n) is 19.0. The zero-order valence-corrected chi connectivity index (χ0v) is 32.7. The molecular weight excluding hydrogens is 701 g/mol. The van der Waals surface area contributed by atoms with E-state index in [-0.39, 0.29) is 35.7 Å². The Balaban J connectivity index is 1.29. The van der Waals surface area contributed by atoms with Gasteiger partial charge in [0.1, 0.15) is 17.7 Å². The minimum Gasteiger partial charge on any atom is -0.453 e. The zero-order chi connectivity index (χ0) is 39.4. The van der Waals surface area contributed by atoms with Gasteiger partial charge in [-0.25, -0.2) is 19.6 Å². The molecular formula is C41H52N8O6. The first-order valence-corrected chi connectivity index (χ1v) is 19.0. The third-order valence-corrected chi connectivity index (χ3v) is 10.4. The zero-order valence-electron chi connectivity index (χ0n) is 32.7. The van der Waals surface area contributed by atoms with E-state index in [2.05, 4.69) is 39.6 Å². The van der Waals surface area contributed by atoms with E-state index in [0.29, 0.717) is 24.7 Å². The van der Waals surface area contributed by atoms with Crippen molar-refractivity contribution in [1.29, 1.82) is 0 Å². The van der Waals surface area contributed by atoms with Crippen LogP contribution in [0.1, 0.15) is 77.1 Å². The SMILES string of the molecule is COC(=O)N[C@H](C(=O)N1CCC[C@H]1c1ncc(-c2cc(-c3cnc([C@@H]4CCCN4C(=O)[C@@H](OC(=O)N(C)C)C(C)C)[nH]3)ccc2-c2ccccc2)[nH]1)C(C)C. The lowest BCUT2D eigenvalue weighted by Gasteiger charge is -2.30. The van der Waals surface area contributed by atoms with Crippen LogP contribution in [-0.4, -0.2) is 105 Å². The number of methoxy groups -OCH3 is 1. The standard InChI is InChI=1S/C41H52N8O6/c1-24(2)34(46-40(52)54-7)38(50)48-19-11-15-32(48)37-43-23-31(45-37)29-21-27(17-18-28(29)26-13-9-8-10-14-26)30-22-42-36(44-30)33-16-12-20-49(33)39(51)35(25(3)4)55-41(53)47(5)6/h8-10,13-14,17-18,21-25,32-35H,11-12,15-16,19-20H2,1-7H3,(H,42,44)(H,43,45)(H,46,52)/t32-,33-,34-,35-/m0/s1. The number of hydrogen-bond donors (Lipinski definition) is 3. The molecule has 4 atom stereocenters. The molecule has 2 aliphatic rings. The molecule has 14 heteroatoms. The van der Waals surface area contributed by atoms with E-state index in [0.717, 1.165) is 59.3 Å². The van der Waals surface area contributed by atoms with Crippen molar-refractivity contribution < 1.29 is 28.7 Å². The van der Waals surface area contributed by atoms with E-state index in [9.17, 15) is 19.2 Å². The predicted octanol–water partition coefficient (Wildman–Crippen LogP) is 6.56. The summed E-state index contributed by atoms with van der Waals surface area (Å²) in [4.78, 5) is 73.6.